The Labute approximate surface area is 83.9 Å². The molecule has 1 aliphatic heterocycles. The van der Waals surface area contributed by atoms with Gasteiger partial charge in [-0.1, -0.05) is 13.8 Å². The first kappa shape index (κ1) is 9.68. The van der Waals surface area contributed by atoms with Crippen LogP contribution in [0.2, 0.25) is 0 Å². The van der Waals surface area contributed by atoms with Crippen molar-refractivity contribution >= 4 is 0 Å². The van der Waals surface area contributed by atoms with Crippen molar-refractivity contribution in [2.24, 2.45) is 5.92 Å². The summed E-state index contributed by atoms with van der Waals surface area (Å²) in [6.45, 7) is 6.49. The van der Waals surface area contributed by atoms with Crippen molar-refractivity contribution in [1.82, 2.24) is 15.1 Å². The van der Waals surface area contributed by atoms with Crippen LogP contribution in [0.15, 0.2) is 12.4 Å². The molecule has 0 aromatic carbocycles. The second kappa shape index (κ2) is 3.37. The number of hydrogen-bond acceptors (Lipinski definition) is 3. The maximum absolute atomic E-state index is 10.0. The molecular weight excluding hydrogens is 178 g/mol. The molecule has 1 aliphatic rings. The minimum absolute atomic E-state index is 0.580. The predicted molar refractivity (Wildman–Crippen MR) is 53.8 cm³/mol. The lowest BCUT2D eigenvalue weighted by atomic mass is 9.91. The van der Waals surface area contributed by atoms with Gasteiger partial charge in [0.2, 0.25) is 0 Å². The molecule has 4 nitrogen and oxygen atoms in total. The minimum atomic E-state index is -0.671. The van der Waals surface area contributed by atoms with E-state index in [1.165, 1.54) is 0 Å². The van der Waals surface area contributed by atoms with Crippen LogP contribution in [0.25, 0.3) is 0 Å². The standard InChI is InChI=1S/C10H17N3O/c1-8(2)4-13-5-9(3-12-13)10(14)6-11-7-10/h3,5,8,11,14H,4,6-7H2,1-2H3. The number of rotatable bonds is 3. The molecule has 1 aromatic heterocycles. The molecule has 0 aliphatic carbocycles. The van der Waals surface area contributed by atoms with Gasteiger partial charge in [-0.15, -0.1) is 0 Å². The zero-order valence-electron chi connectivity index (χ0n) is 8.70. The van der Waals surface area contributed by atoms with Crippen LogP contribution in [0.3, 0.4) is 0 Å². The molecule has 0 bridgehead atoms. The van der Waals surface area contributed by atoms with Crippen molar-refractivity contribution in [3.05, 3.63) is 18.0 Å². The van der Waals surface area contributed by atoms with E-state index < -0.39 is 5.60 Å². The summed E-state index contributed by atoms with van der Waals surface area (Å²) < 4.78 is 1.90. The third-order valence-corrected chi connectivity index (χ3v) is 2.56. The van der Waals surface area contributed by atoms with Gasteiger partial charge in [0.05, 0.1) is 6.20 Å². The van der Waals surface area contributed by atoms with Crippen LogP contribution in [-0.4, -0.2) is 28.0 Å². The number of aromatic nitrogens is 2. The fraction of sp³-hybridized carbons (Fsp3) is 0.700. The van der Waals surface area contributed by atoms with Crippen LogP contribution < -0.4 is 5.32 Å². The van der Waals surface area contributed by atoms with Crippen molar-refractivity contribution < 1.29 is 5.11 Å². The minimum Gasteiger partial charge on any atom is -0.382 e. The van der Waals surface area contributed by atoms with E-state index in [0.717, 1.165) is 12.1 Å². The van der Waals surface area contributed by atoms with Gasteiger partial charge in [-0.2, -0.15) is 5.10 Å². The molecule has 0 amide bonds. The van der Waals surface area contributed by atoms with Crippen LogP contribution in [0.1, 0.15) is 19.4 Å². The second-order valence-electron chi connectivity index (χ2n) is 4.48. The summed E-state index contributed by atoms with van der Waals surface area (Å²) in [5.41, 5.74) is 0.256. The SMILES string of the molecule is CC(C)Cn1cc(C2(O)CNC2)cn1. The molecule has 14 heavy (non-hydrogen) atoms. The van der Waals surface area contributed by atoms with Gasteiger partial charge in [-0.3, -0.25) is 4.68 Å². The fourth-order valence-corrected chi connectivity index (χ4v) is 1.64. The highest BCUT2D eigenvalue weighted by Gasteiger charge is 2.37. The monoisotopic (exact) mass is 195 g/mol. The van der Waals surface area contributed by atoms with Crippen LogP contribution >= 0.6 is 0 Å². The van der Waals surface area contributed by atoms with E-state index in [1.54, 1.807) is 6.20 Å². The molecule has 78 valence electrons. The largest absolute Gasteiger partial charge is 0.382 e. The molecule has 0 spiro atoms. The molecule has 2 heterocycles. The molecular formula is C10H17N3O. The smallest absolute Gasteiger partial charge is 0.117 e. The third-order valence-electron chi connectivity index (χ3n) is 2.56. The third kappa shape index (κ3) is 1.67. The lowest BCUT2D eigenvalue weighted by Gasteiger charge is -2.36. The summed E-state index contributed by atoms with van der Waals surface area (Å²) in [7, 11) is 0. The molecule has 0 atom stereocenters. The van der Waals surface area contributed by atoms with Gasteiger partial charge < -0.3 is 10.4 Å². The van der Waals surface area contributed by atoms with Gasteiger partial charge in [-0.05, 0) is 5.92 Å². The quantitative estimate of drug-likeness (QED) is 0.730. The summed E-state index contributed by atoms with van der Waals surface area (Å²) in [4.78, 5) is 0. The van der Waals surface area contributed by atoms with Gasteiger partial charge in [-0.25, -0.2) is 0 Å². The first-order valence-electron chi connectivity index (χ1n) is 5.06. The summed E-state index contributed by atoms with van der Waals surface area (Å²) in [5, 5.41) is 17.3. The molecule has 0 unspecified atom stereocenters. The van der Waals surface area contributed by atoms with E-state index in [9.17, 15) is 5.11 Å². The average molecular weight is 195 g/mol. The highest BCUT2D eigenvalue weighted by atomic mass is 16.3. The highest BCUT2D eigenvalue weighted by Crippen LogP contribution is 2.24. The molecule has 2 N–H and O–H groups in total. The lowest BCUT2D eigenvalue weighted by molar-refractivity contribution is -0.0147. The molecule has 2 rings (SSSR count). The molecule has 1 saturated heterocycles. The predicted octanol–water partition coefficient (Wildman–Crippen LogP) is 0.330. The number of nitrogens with one attached hydrogen (secondary N) is 1. The topological polar surface area (TPSA) is 50.1 Å². The van der Waals surface area contributed by atoms with Gasteiger partial charge in [0, 0.05) is 31.4 Å². The van der Waals surface area contributed by atoms with Crippen LogP contribution in [0, 0.1) is 5.92 Å². The van der Waals surface area contributed by atoms with Gasteiger partial charge >= 0.3 is 0 Å². The first-order chi connectivity index (χ1) is 6.60. The molecule has 0 radical (unpaired) electrons. The molecule has 0 saturated carbocycles. The number of hydrogen-bond donors (Lipinski definition) is 2. The van der Waals surface area contributed by atoms with Crippen LogP contribution in [0.4, 0.5) is 0 Å². The Kier molecular flexibility index (Phi) is 2.33. The van der Waals surface area contributed by atoms with E-state index >= 15 is 0 Å². The highest BCUT2D eigenvalue weighted by molar-refractivity contribution is 5.20. The fourth-order valence-electron chi connectivity index (χ4n) is 1.64. The lowest BCUT2D eigenvalue weighted by Crippen LogP contribution is -2.56. The van der Waals surface area contributed by atoms with Crippen molar-refractivity contribution in [3.8, 4) is 0 Å². The molecule has 4 heteroatoms. The molecule has 1 fully saturated rings. The maximum Gasteiger partial charge on any atom is 0.117 e. The Balaban J connectivity index is 2.09. The van der Waals surface area contributed by atoms with Crippen molar-refractivity contribution in [2.75, 3.05) is 13.1 Å². The Morgan fingerprint density at radius 1 is 1.64 bits per heavy atom. The first-order valence-corrected chi connectivity index (χ1v) is 5.06. The van der Waals surface area contributed by atoms with E-state index in [2.05, 4.69) is 24.3 Å². The normalized spacial score (nSPS) is 19.7. The maximum atomic E-state index is 10.0. The van der Waals surface area contributed by atoms with Gasteiger partial charge in [0.25, 0.3) is 0 Å². The number of β-amino-alcohol motifs (C(OH)–C–C–N with tert-alkyl or cyclic N) is 1. The van der Waals surface area contributed by atoms with E-state index in [4.69, 9.17) is 0 Å². The Hall–Kier alpha value is -0.870. The van der Waals surface area contributed by atoms with E-state index in [1.807, 2.05) is 10.9 Å². The average Bonchev–Trinajstić information content (AvgIpc) is 2.47. The van der Waals surface area contributed by atoms with Crippen LogP contribution in [0.5, 0.6) is 0 Å². The van der Waals surface area contributed by atoms with E-state index in [-0.39, 0.29) is 0 Å². The molecule has 1 aromatic rings. The number of nitrogens with zero attached hydrogens (tertiary/aromatic N) is 2. The second-order valence-corrected chi connectivity index (χ2v) is 4.48. The van der Waals surface area contributed by atoms with Gasteiger partial charge in [0.15, 0.2) is 0 Å². The van der Waals surface area contributed by atoms with Gasteiger partial charge in [0.1, 0.15) is 5.60 Å². The zero-order valence-corrected chi connectivity index (χ0v) is 8.70. The van der Waals surface area contributed by atoms with Crippen molar-refractivity contribution in [3.63, 3.8) is 0 Å². The van der Waals surface area contributed by atoms with Crippen molar-refractivity contribution in [1.29, 1.82) is 0 Å². The summed E-state index contributed by atoms with van der Waals surface area (Å²) in [6, 6.07) is 0. The zero-order chi connectivity index (χ0) is 10.2. The van der Waals surface area contributed by atoms with Crippen LogP contribution in [-0.2, 0) is 12.1 Å². The van der Waals surface area contributed by atoms with E-state index in [0.29, 0.717) is 19.0 Å². The Bertz CT molecular complexity index is 315. The van der Waals surface area contributed by atoms with Crippen molar-refractivity contribution in [2.45, 2.75) is 26.0 Å². The summed E-state index contributed by atoms with van der Waals surface area (Å²) in [6.07, 6.45) is 3.71. The Morgan fingerprint density at radius 2 is 2.36 bits per heavy atom. The Morgan fingerprint density at radius 3 is 2.86 bits per heavy atom. The summed E-state index contributed by atoms with van der Waals surface area (Å²) in [5.74, 6) is 0.580. The number of aliphatic hydroxyl groups is 1. The summed E-state index contributed by atoms with van der Waals surface area (Å²) >= 11 is 0.